The summed E-state index contributed by atoms with van der Waals surface area (Å²) < 4.78 is 15.6. The number of rotatable bonds is 20. The molecule has 180 valence electrons. The van der Waals surface area contributed by atoms with Crippen molar-refractivity contribution in [3.8, 4) is 5.88 Å². The van der Waals surface area contributed by atoms with Crippen LogP contribution in [-0.4, -0.2) is 30.5 Å². The number of aryl methyl sites for hydroxylation is 1. The maximum absolute atomic E-state index is 11.7. The van der Waals surface area contributed by atoms with E-state index in [1.54, 1.807) is 13.0 Å². The summed E-state index contributed by atoms with van der Waals surface area (Å²) in [4.78, 5) is 11.7. The van der Waals surface area contributed by atoms with Crippen molar-refractivity contribution in [3.63, 3.8) is 0 Å². The molecule has 6 nitrogen and oxygen atoms in total. The Balaban J connectivity index is 1.80. The van der Waals surface area contributed by atoms with Crippen LogP contribution in [0.4, 0.5) is 4.79 Å². The zero-order chi connectivity index (χ0) is 22.6. The monoisotopic (exact) mass is 438 g/mol. The smallest absolute Gasteiger partial charge is 0.407 e. The summed E-state index contributed by atoms with van der Waals surface area (Å²) in [5, 5.41) is 6.56. The molecule has 0 fully saturated rings. The minimum atomic E-state index is -0.392. The number of amides is 1. The maximum atomic E-state index is 11.7. The van der Waals surface area contributed by atoms with Crippen LogP contribution in [0.3, 0.4) is 0 Å². The van der Waals surface area contributed by atoms with Crippen molar-refractivity contribution in [3.05, 3.63) is 11.8 Å². The van der Waals surface area contributed by atoms with Crippen LogP contribution in [0.15, 0.2) is 10.6 Å². The Kier molecular flexibility index (Phi) is 16.7. The molecule has 0 saturated heterocycles. The van der Waals surface area contributed by atoms with E-state index < -0.39 is 6.09 Å². The number of nitrogens with zero attached hydrogens (tertiary/aromatic N) is 1. The Morgan fingerprint density at radius 1 is 0.935 bits per heavy atom. The predicted octanol–water partition coefficient (Wildman–Crippen LogP) is 7.35. The Morgan fingerprint density at radius 2 is 1.45 bits per heavy atom. The summed E-state index contributed by atoms with van der Waals surface area (Å²) >= 11 is 0. The van der Waals surface area contributed by atoms with Gasteiger partial charge in [-0.15, -0.1) is 0 Å². The third kappa shape index (κ3) is 16.6. The van der Waals surface area contributed by atoms with E-state index in [0.717, 1.165) is 12.8 Å². The Bertz CT molecular complexity index is 547. The lowest BCUT2D eigenvalue weighted by Gasteiger charge is -2.13. The van der Waals surface area contributed by atoms with Crippen molar-refractivity contribution in [2.24, 2.45) is 0 Å². The minimum absolute atomic E-state index is 0.177. The zero-order valence-corrected chi connectivity index (χ0v) is 20.3. The molecular formula is C25H46N2O4. The van der Waals surface area contributed by atoms with E-state index in [1.807, 2.05) is 6.92 Å². The third-order valence-corrected chi connectivity index (χ3v) is 5.43. The fraction of sp³-hybridized carbons (Fsp3) is 0.840. The number of unbranched alkanes of at least 4 members (excludes halogenated alkanes) is 14. The van der Waals surface area contributed by atoms with Crippen LogP contribution in [0.2, 0.25) is 0 Å². The summed E-state index contributed by atoms with van der Waals surface area (Å²) in [7, 11) is 0. The normalized spacial score (nSPS) is 12.0. The Hall–Kier alpha value is -1.72. The first-order valence-corrected chi connectivity index (χ1v) is 12.6. The van der Waals surface area contributed by atoms with Crippen molar-refractivity contribution in [1.29, 1.82) is 0 Å². The van der Waals surface area contributed by atoms with Gasteiger partial charge in [0.25, 0.3) is 5.88 Å². The molecule has 1 heterocycles. The van der Waals surface area contributed by atoms with Crippen molar-refractivity contribution in [1.82, 2.24) is 10.5 Å². The number of carbonyl (C=O) groups excluding carboxylic acids is 1. The third-order valence-electron chi connectivity index (χ3n) is 5.43. The number of hydrogen-bond acceptors (Lipinski definition) is 5. The van der Waals surface area contributed by atoms with Crippen LogP contribution in [0.25, 0.3) is 0 Å². The molecule has 0 bridgehead atoms. The molecule has 0 saturated carbocycles. The second kappa shape index (κ2) is 19.0. The van der Waals surface area contributed by atoms with Gasteiger partial charge in [-0.05, 0) is 25.4 Å². The number of nitrogens with one attached hydrogen (secondary N) is 1. The lowest BCUT2D eigenvalue weighted by atomic mass is 10.0. The van der Waals surface area contributed by atoms with Crippen LogP contribution in [-0.2, 0) is 4.74 Å². The lowest BCUT2D eigenvalue weighted by Crippen LogP contribution is -2.29. The zero-order valence-electron chi connectivity index (χ0n) is 20.3. The van der Waals surface area contributed by atoms with E-state index in [1.165, 1.54) is 83.5 Å². The summed E-state index contributed by atoms with van der Waals surface area (Å²) in [5.41, 5.74) is 0. The van der Waals surface area contributed by atoms with Crippen molar-refractivity contribution >= 4 is 6.09 Å². The number of alkyl carbamates (subject to hydrolysis) is 1. The SMILES string of the molecule is CCCCCCCCCCCCCCCCCNC(=O)OC[C@H](C)Oc1cc(C)on1. The number of aromatic nitrogens is 1. The van der Waals surface area contributed by atoms with Crippen LogP contribution in [0, 0.1) is 6.92 Å². The topological polar surface area (TPSA) is 73.6 Å². The molecule has 1 rings (SSSR count). The quantitative estimate of drug-likeness (QED) is 0.215. The molecule has 0 radical (unpaired) electrons. The summed E-state index contributed by atoms with van der Waals surface area (Å²) in [6.07, 6.45) is 19.4. The van der Waals surface area contributed by atoms with Gasteiger partial charge in [0.1, 0.15) is 18.5 Å². The van der Waals surface area contributed by atoms with Gasteiger partial charge in [-0.25, -0.2) is 4.79 Å². The minimum Gasteiger partial charge on any atom is -0.469 e. The molecule has 0 aliphatic rings. The number of carbonyl (C=O) groups is 1. The molecule has 1 aromatic heterocycles. The highest BCUT2D eigenvalue weighted by Crippen LogP contribution is 2.13. The van der Waals surface area contributed by atoms with Crippen molar-refractivity contribution < 1.29 is 18.8 Å². The molecule has 31 heavy (non-hydrogen) atoms. The van der Waals surface area contributed by atoms with Gasteiger partial charge >= 0.3 is 6.09 Å². The summed E-state index contributed by atoms with van der Waals surface area (Å²) in [6.45, 7) is 6.74. The molecule has 1 aromatic rings. The molecule has 0 unspecified atom stereocenters. The van der Waals surface area contributed by atoms with E-state index in [4.69, 9.17) is 14.0 Å². The fourth-order valence-corrected chi connectivity index (χ4v) is 3.57. The van der Waals surface area contributed by atoms with Crippen LogP contribution in [0.5, 0.6) is 5.88 Å². The first kappa shape index (κ1) is 27.3. The molecule has 1 amide bonds. The first-order chi connectivity index (χ1) is 15.1. The molecule has 1 atom stereocenters. The van der Waals surface area contributed by atoms with Gasteiger partial charge in [-0.1, -0.05) is 96.8 Å². The average molecular weight is 439 g/mol. The highest BCUT2D eigenvalue weighted by atomic mass is 16.6. The molecule has 0 aliphatic heterocycles. The van der Waals surface area contributed by atoms with Crippen LogP contribution in [0.1, 0.15) is 116 Å². The van der Waals surface area contributed by atoms with E-state index in [-0.39, 0.29) is 12.7 Å². The largest absolute Gasteiger partial charge is 0.469 e. The van der Waals surface area contributed by atoms with Gasteiger partial charge in [0.15, 0.2) is 0 Å². The van der Waals surface area contributed by atoms with Gasteiger partial charge in [0, 0.05) is 12.6 Å². The standard InChI is InChI=1S/C25H46N2O4/c1-4-5-6-7-8-9-10-11-12-13-14-15-16-17-18-19-26-25(28)29-21-23(3)30-24-20-22(2)31-27-24/h20,23H,4-19,21H2,1-3H3,(H,26,28)/t23-/m0/s1. The van der Waals surface area contributed by atoms with E-state index in [0.29, 0.717) is 18.2 Å². The molecular weight excluding hydrogens is 392 g/mol. The average Bonchev–Trinajstić information content (AvgIpc) is 3.16. The van der Waals surface area contributed by atoms with E-state index in [9.17, 15) is 4.79 Å². The molecule has 0 spiro atoms. The Labute approximate surface area is 189 Å². The Morgan fingerprint density at radius 3 is 1.94 bits per heavy atom. The second-order valence-electron chi connectivity index (χ2n) is 8.68. The van der Waals surface area contributed by atoms with Gasteiger partial charge in [0.05, 0.1) is 0 Å². The van der Waals surface area contributed by atoms with Crippen LogP contribution < -0.4 is 10.1 Å². The maximum Gasteiger partial charge on any atom is 0.407 e. The van der Waals surface area contributed by atoms with E-state index in [2.05, 4.69) is 17.4 Å². The van der Waals surface area contributed by atoms with Gasteiger partial charge in [0.2, 0.25) is 0 Å². The predicted molar refractivity (Wildman–Crippen MR) is 126 cm³/mol. The van der Waals surface area contributed by atoms with Gasteiger partial charge in [-0.3, -0.25) is 0 Å². The lowest BCUT2D eigenvalue weighted by molar-refractivity contribution is 0.0858. The second-order valence-corrected chi connectivity index (χ2v) is 8.68. The highest BCUT2D eigenvalue weighted by molar-refractivity contribution is 5.67. The fourth-order valence-electron chi connectivity index (χ4n) is 3.57. The number of hydrogen-bond donors (Lipinski definition) is 1. The first-order valence-electron chi connectivity index (χ1n) is 12.6. The molecule has 1 N–H and O–H groups in total. The summed E-state index contributed by atoms with van der Waals surface area (Å²) in [5.74, 6) is 1.09. The number of ether oxygens (including phenoxy) is 2. The molecule has 0 aliphatic carbocycles. The van der Waals surface area contributed by atoms with Gasteiger partial charge in [-0.2, -0.15) is 0 Å². The van der Waals surface area contributed by atoms with Gasteiger partial charge < -0.3 is 19.3 Å². The van der Waals surface area contributed by atoms with Crippen LogP contribution >= 0.6 is 0 Å². The van der Waals surface area contributed by atoms with Crippen molar-refractivity contribution in [2.75, 3.05) is 13.2 Å². The van der Waals surface area contributed by atoms with Crippen molar-refractivity contribution in [2.45, 2.75) is 123 Å². The molecule has 6 heteroatoms. The summed E-state index contributed by atoms with van der Waals surface area (Å²) in [6, 6.07) is 1.70. The highest BCUT2D eigenvalue weighted by Gasteiger charge is 2.10. The molecule has 0 aromatic carbocycles. The van der Waals surface area contributed by atoms with E-state index >= 15 is 0 Å².